The lowest BCUT2D eigenvalue weighted by Crippen LogP contribution is -2.38. The van der Waals surface area contributed by atoms with E-state index in [2.05, 4.69) is 12.1 Å². The van der Waals surface area contributed by atoms with E-state index in [4.69, 9.17) is 23.7 Å². The third-order valence-electron chi connectivity index (χ3n) is 8.28. The number of fused-ring (bicyclic) bond motifs is 3. The topological polar surface area (TPSA) is 66.5 Å². The van der Waals surface area contributed by atoms with Crippen LogP contribution >= 0.6 is 0 Å². The summed E-state index contributed by atoms with van der Waals surface area (Å²) in [4.78, 5) is 16.1. The van der Waals surface area contributed by atoms with Crippen LogP contribution < -0.4 is 23.7 Å². The Labute approximate surface area is 246 Å². The predicted molar refractivity (Wildman–Crippen MR) is 163 cm³/mol. The van der Waals surface area contributed by atoms with Gasteiger partial charge in [-0.2, -0.15) is 0 Å². The molecule has 216 valence electrons. The summed E-state index contributed by atoms with van der Waals surface area (Å²) in [7, 11) is 6.48. The minimum Gasteiger partial charge on any atom is -0.497 e. The first-order chi connectivity index (χ1) is 20.5. The molecule has 0 radical (unpaired) electrons. The Balaban J connectivity index is 1.63. The summed E-state index contributed by atoms with van der Waals surface area (Å²) >= 11 is 0. The molecule has 2 aliphatic rings. The van der Waals surface area contributed by atoms with E-state index in [0.29, 0.717) is 34.3 Å². The van der Waals surface area contributed by atoms with Crippen molar-refractivity contribution in [3.05, 3.63) is 95.1 Å². The highest BCUT2D eigenvalue weighted by molar-refractivity contribution is 6.06. The summed E-state index contributed by atoms with van der Waals surface area (Å²) in [6, 6.07) is 21.4. The van der Waals surface area contributed by atoms with Gasteiger partial charge in [0.25, 0.3) is 5.91 Å². The van der Waals surface area contributed by atoms with Crippen LogP contribution in [-0.4, -0.2) is 52.3 Å². The third-order valence-corrected chi connectivity index (χ3v) is 8.28. The lowest BCUT2D eigenvalue weighted by Gasteiger charge is -2.39. The Kier molecular flexibility index (Phi) is 7.42. The number of benzene rings is 4. The highest BCUT2D eigenvalue weighted by atomic mass is 16.5. The summed E-state index contributed by atoms with van der Waals surface area (Å²) in [6.45, 7) is 1.47. The minimum atomic E-state index is -1.21. The first kappa shape index (κ1) is 27.5. The van der Waals surface area contributed by atoms with Crippen molar-refractivity contribution in [3.8, 4) is 28.7 Å². The summed E-state index contributed by atoms with van der Waals surface area (Å²) in [5, 5.41) is 2.00. The number of carbonyl (C=O) groups is 1. The zero-order valence-electron chi connectivity index (χ0n) is 24.4. The van der Waals surface area contributed by atoms with Crippen LogP contribution in [0.2, 0.25) is 0 Å². The molecule has 0 spiro atoms. The second-order valence-electron chi connectivity index (χ2n) is 10.5. The molecule has 0 N–H and O–H groups in total. The van der Waals surface area contributed by atoms with E-state index in [-0.39, 0.29) is 5.91 Å². The fourth-order valence-electron chi connectivity index (χ4n) is 6.10. The number of carbonyl (C=O) groups excluding carboxylic acids is 1. The van der Waals surface area contributed by atoms with Gasteiger partial charge in [0.05, 0.1) is 34.0 Å². The van der Waals surface area contributed by atoms with Crippen LogP contribution in [0, 0.1) is 0 Å². The lowest BCUT2D eigenvalue weighted by molar-refractivity contribution is 0.0712. The van der Waals surface area contributed by atoms with Crippen LogP contribution in [0.1, 0.15) is 46.3 Å². The molecule has 1 saturated heterocycles. The minimum absolute atomic E-state index is 0.0238. The molecular weight excluding hydrogens is 530 g/mol. The maximum Gasteiger partial charge on any atom is 0.257 e. The van der Waals surface area contributed by atoms with Crippen molar-refractivity contribution in [1.29, 1.82) is 0 Å². The fourth-order valence-corrected chi connectivity index (χ4v) is 6.10. The second kappa shape index (κ2) is 11.3. The maximum absolute atomic E-state index is 14.2. The number of piperidine rings is 1. The van der Waals surface area contributed by atoms with Crippen molar-refractivity contribution in [3.63, 3.8) is 0 Å². The van der Waals surface area contributed by atoms with Crippen molar-refractivity contribution >= 4 is 22.8 Å². The van der Waals surface area contributed by atoms with Crippen LogP contribution in [0.4, 0.5) is 0 Å². The van der Waals surface area contributed by atoms with E-state index in [1.807, 2.05) is 71.6 Å². The highest BCUT2D eigenvalue weighted by Gasteiger charge is 2.43. The number of hydrogen-bond acceptors (Lipinski definition) is 6. The number of ether oxygens (including phenoxy) is 5. The van der Waals surface area contributed by atoms with Gasteiger partial charge in [0.2, 0.25) is 0 Å². The largest absolute Gasteiger partial charge is 0.497 e. The van der Waals surface area contributed by atoms with E-state index in [1.165, 1.54) is 0 Å². The zero-order valence-corrected chi connectivity index (χ0v) is 24.4. The molecule has 0 aromatic heterocycles. The van der Waals surface area contributed by atoms with Gasteiger partial charge in [-0.05, 0) is 72.5 Å². The molecule has 6 rings (SSSR count). The number of nitrogens with zero attached hydrogens (tertiary/aromatic N) is 1. The molecule has 2 aliphatic heterocycles. The Morgan fingerprint density at radius 3 is 1.98 bits per heavy atom. The van der Waals surface area contributed by atoms with Gasteiger partial charge >= 0.3 is 0 Å². The van der Waals surface area contributed by atoms with E-state index in [0.717, 1.165) is 59.8 Å². The first-order valence-corrected chi connectivity index (χ1v) is 14.2. The normalized spacial score (nSPS) is 15.5. The van der Waals surface area contributed by atoms with Gasteiger partial charge in [-0.25, -0.2) is 0 Å². The van der Waals surface area contributed by atoms with Gasteiger partial charge in [-0.1, -0.05) is 24.3 Å². The first-order valence-electron chi connectivity index (χ1n) is 14.2. The van der Waals surface area contributed by atoms with Gasteiger partial charge in [0, 0.05) is 41.9 Å². The molecular formula is C35H35NO6. The number of hydrogen-bond donors (Lipinski definition) is 0. The second-order valence-corrected chi connectivity index (χ2v) is 10.5. The molecule has 7 nitrogen and oxygen atoms in total. The van der Waals surface area contributed by atoms with E-state index < -0.39 is 5.60 Å². The van der Waals surface area contributed by atoms with E-state index >= 15 is 0 Å². The zero-order chi connectivity index (χ0) is 29.3. The molecule has 4 aromatic rings. The molecule has 1 fully saturated rings. The Hall–Kier alpha value is -4.65. The third kappa shape index (κ3) is 4.59. The summed E-state index contributed by atoms with van der Waals surface area (Å²) in [5.74, 6) is 2.96. The van der Waals surface area contributed by atoms with Crippen LogP contribution in [0.15, 0.2) is 72.8 Å². The Bertz CT molecular complexity index is 1610. The number of rotatable bonds is 7. The highest BCUT2D eigenvalue weighted by Crippen LogP contribution is 2.51. The SMILES string of the molecule is COc1ccc(C2(c3ccc(OC)cc3OC)C=Cc3c(c(C(=O)N4CCCCC4)cc4ccccc34)O2)c(OC)c1. The van der Waals surface area contributed by atoms with Crippen LogP contribution in [0.25, 0.3) is 16.8 Å². The molecule has 42 heavy (non-hydrogen) atoms. The molecule has 4 aromatic carbocycles. The van der Waals surface area contributed by atoms with E-state index in [9.17, 15) is 4.79 Å². The van der Waals surface area contributed by atoms with Gasteiger partial charge in [-0.3, -0.25) is 4.79 Å². The van der Waals surface area contributed by atoms with E-state index in [1.54, 1.807) is 28.4 Å². The van der Waals surface area contributed by atoms with Crippen molar-refractivity contribution in [2.45, 2.75) is 24.9 Å². The average Bonchev–Trinajstić information content (AvgIpc) is 3.06. The number of amides is 1. The standard InChI is InChI=1S/C35H35NO6/c1-38-24-12-14-29(31(21-24)40-3)35(30-15-13-25(39-2)22-32(30)41-4)17-16-27-26-11-7-6-10-23(26)20-28(33(27)42-35)34(37)36-18-8-5-9-19-36/h6-7,10-17,20-22H,5,8-9,18-19H2,1-4H3. The smallest absolute Gasteiger partial charge is 0.257 e. The Morgan fingerprint density at radius 1 is 0.762 bits per heavy atom. The van der Waals surface area contributed by atoms with Crippen molar-refractivity contribution in [1.82, 2.24) is 4.90 Å². The molecule has 0 bridgehead atoms. The van der Waals surface area contributed by atoms with Crippen LogP contribution in [0.5, 0.6) is 28.7 Å². The molecule has 1 amide bonds. The lowest BCUT2D eigenvalue weighted by atomic mass is 9.81. The molecule has 2 heterocycles. The van der Waals surface area contributed by atoms with Crippen molar-refractivity contribution in [2.75, 3.05) is 41.5 Å². The van der Waals surface area contributed by atoms with Crippen LogP contribution in [0.3, 0.4) is 0 Å². The molecule has 0 atom stereocenters. The van der Waals surface area contributed by atoms with Gasteiger partial charge in [0.1, 0.15) is 28.7 Å². The average molecular weight is 566 g/mol. The molecule has 7 heteroatoms. The fraction of sp³-hybridized carbons (Fsp3) is 0.286. The maximum atomic E-state index is 14.2. The van der Waals surface area contributed by atoms with Gasteiger partial charge < -0.3 is 28.6 Å². The van der Waals surface area contributed by atoms with Crippen LogP contribution in [-0.2, 0) is 5.60 Å². The van der Waals surface area contributed by atoms with Gasteiger partial charge in [-0.15, -0.1) is 0 Å². The monoisotopic (exact) mass is 565 g/mol. The molecule has 0 unspecified atom stereocenters. The summed E-state index contributed by atoms with van der Waals surface area (Å²) in [5.41, 5.74) is 1.67. The van der Waals surface area contributed by atoms with Gasteiger partial charge in [0.15, 0.2) is 5.60 Å². The Morgan fingerprint density at radius 2 is 1.38 bits per heavy atom. The summed E-state index contributed by atoms with van der Waals surface area (Å²) < 4.78 is 30.0. The van der Waals surface area contributed by atoms with Crippen molar-refractivity contribution in [2.24, 2.45) is 0 Å². The summed E-state index contributed by atoms with van der Waals surface area (Å²) in [6.07, 6.45) is 7.21. The predicted octanol–water partition coefficient (Wildman–Crippen LogP) is 6.85. The quantitative estimate of drug-likeness (QED) is 0.244. The van der Waals surface area contributed by atoms with Crippen molar-refractivity contribution < 1.29 is 28.5 Å². The number of likely N-dealkylation sites (tertiary alicyclic amines) is 1. The molecule has 0 aliphatic carbocycles. The number of methoxy groups -OCH3 is 4. The molecule has 0 saturated carbocycles.